The van der Waals surface area contributed by atoms with Crippen LogP contribution in [0.25, 0.3) is 0 Å². The van der Waals surface area contributed by atoms with Crippen molar-refractivity contribution < 1.29 is 18.0 Å². The van der Waals surface area contributed by atoms with Crippen LogP contribution in [0.2, 0.25) is 0 Å². The summed E-state index contributed by atoms with van der Waals surface area (Å²) in [4.78, 5) is 21.9. The first kappa shape index (κ1) is 19.3. The van der Waals surface area contributed by atoms with Gasteiger partial charge in [0.1, 0.15) is 0 Å². The third kappa shape index (κ3) is 4.82. The monoisotopic (exact) mass is 378 g/mol. The zero-order chi connectivity index (χ0) is 19.4. The molecule has 0 radical (unpaired) electrons. The molecule has 1 saturated heterocycles. The topological polar surface area (TPSA) is 58.1 Å². The highest BCUT2D eigenvalue weighted by Crippen LogP contribution is 2.33. The van der Waals surface area contributed by atoms with Crippen molar-refractivity contribution in [2.75, 3.05) is 13.1 Å². The molecule has 0 aliphatic carbocycles. The number of carbonyl (C=O) groups excluding carboxylic acids is 1. The van der Waals surface area contributed by atoms with Crippen molar-refractivity contribution in [3.63, 3.8) is 0 Å². The van der Waals surface area contributed by atoms with Crippen molar-refractivity contribution in [1.29, 1.82) is 0 Å². The molecule has 1 fully saturated rings. The summed E-state index contributed by atoms with van der Waals surface area (Å²) in [6, 6.07) is 5.04. The van der Waals surface area contributed by atoms with Crippen molar-refractivity contribution in [3.8, 4) is 0 Å². The smallest absolute Gasteiger partial charge is 0.354 e. The second kappa shape index (κ2) is 8.04. The number of rotatable bonds is 4. The second-order valence-corrected chi connectivity index (χ2v) is 6.66. The standard InChI is InChI=1S/C19H21F3N4O/c1-13(27)25-16-6-10-26(11-7-16)18(17-12-23-8-9-24-17)14-2-4-15(5-3-14)19(20,21)22/h2-5,8-9,12,16,18H,6-7,10-11H2,1H3,(H,25,27). The molecule has 1 aliphatic heterocycles. The number of amides is 1. The van der Waals surface area contributed by atoms with Crippen molar-refractivity contribution in [3.05, 3.63) is 59.7 Å². The van der Waals surface area contributed by atoms with E-state index >= 15 is 0 Å². The highest BCUT2D eigenvalue weighted by molar-refractivity contribution is 5.73. The van der Waals surface area contributed by atoms with E-state index in [2.05, 4.69) is 20.2 Å². The zero-order valence-electron chi connectivity index (χ0n) is 14.9. The molecule has 8 heteroatoms. The Balaban J connectivity index is 1.84. The Bertz CT molecular complexity index is 757. The zero-order valence-corrected chi connectivity index (χ0v) is 14.9. The van der Waals surface area contributed by atoms with Gasteiger partial charge in [0.25, 0.3) is 0 Å². The number of hydrogen-bond acceptors (Lipinski definition) is 4. The normalized spacial score (nSPS) is 17.5. The molecule has 2 heterocycles. The Morgan fingerprint density at radius 2 is 1.85 bits per heavy atom. The molecule has 1 aromatic carbocycles. The average molecular weight is 378 g/mol. The molecule has 1 amide bonds. The van der Waals surface area contributed by atoms with Crippen LogP contribution in [0.3, 0.4) is 0 Å². The van der Waals surface area contributed by atoms with Crippen molar-refractivity contribution in [2.45, 2.75) is 38.0 Å². The van der Waals surface area contributed by atoms with E-state index in [1.165, 1.54) is 19.1 Å². The van der Waals surface area contributed by atoms with E-state index in [0.717, 1.165) is 30.5 Å². The molecular weight excluding hydrogens is 357 g/mol. The number of carbonyl (C=O) groups is 1. The van der Waals surface area contributed by atoms with Gasteiger partial charge in [-0.05, 0) is 30.5 Å². The summed E-state index contributed by atoms with van der Waals surface area (Å²) in [5, 5.41) is 2.93. The molecule has 1 N–H and O–H groups in total. The van der Waals surface area contributed by atoms with Gasteiger partial charge in [-0.15, -0.1) is 0 Å². The Kier molecular flexibility index (Phi) is 5.74. The first-order chi connectivity index (χ1) is 12.8. The molecule has 1 atom stereocenters. The summed E-state index contributed by atoms with van der Waals surface area (Å²) in [6.45, 7) is 2.90. The van der Waals surface area contributed by atoms with Crippen molar-refractivity contribution in [1.82, 2.24) is 20.2 Å². The van der Waals surface area contributed by atoms with Crippen LogP contribution in [0, 0.1) is 0 Å². The lowest BCUT2D eigenvalue weighted by molar-refractivity contribution is -0.137. The maximum Gasteiger partial charge on any atom is 0.416 e. The Hall–Kier alpha value is -2.48. The van der Waals surface area contributed by atoms with Gasteiger partial charge in [-0.3, -0.25) is 19.7 Å². The van der Waals surface area contributed by atoms with Gasteiger partial charge < -0.3 is 5.32 Å². The predicted octanol–water partition coefficient (Wildman–Crippen LogP) is 3.19. The summed E-state index contributed by atoms with van der Waals surface area (Å²) in [5.41, 5.74) is 0.755. The molecule has 1 unspecified atom stereocenters. The molecule has 0 saturated carbocycles. The Morgan fingerprint density at radius 1 is 1.19 bits per heavy atom. The van der Waals surface area contributed by atoms with Crippen molar-refractivity contribution >= 4 is 5.91 Å². The van der Waals surface area contributed by atoms with Gasteiger partial charge in [0.15, 0.2) is 0 Å². The van der Waals surface area contributed by atoms with Gasteiger partial charge in [-0.2, -0.15) is 13.2 Å². The van der Waals surface area contributed by atoms with Gasteiger partial charge in [-0.25, -0.2) is 0 Å². The van der Waals surface area contributed by atoms with Gasteiger partial charge in [-0.1, -0.05) is 12.1 Å². The molecule has 144 valence electrons. The van der Waals surface area contributed by atoms with Crippen LogP contribution in [0.5, 0.6) is 0 Å². The predicted molar refractivity (Wildman–Crippen MR) is 93.7 cm³/mol. The maximum absolute atomic E-state index is 12.9. The summed E-state index contributed by atoms with van der Waals surface area (Å²) < 4.78 is 38.6. The fraction of sp³-hybridized carbons (Fsp3) is 0.421. The molecule has 0 bridgehead atoms. The van der Waals surface area contributed by atoms with Crippen LogP contribution in [-0.4, -0.2) is 39.9 Å². The number of benzene rings is 1. The Morgan fingerprint density at radius 3 is 2.37 bits per heavy atom. The summed E-state index contributed by atoms with van der Waals surface area (Å²) >= 11 is 0. The fourth-order valence-corrected chi connectivity index (χ4v) is 3.46. The summed E-state index contributed by atoms with van der Waals surface area (Å²) in [5.74, 6) is -0.0540. The number of nitrogens with one attached hydrogen (secondary N) is 1. The minimum absolute atomic E-state index is 0.0540. The fourth-order valence-electron chi connectivity index (χ4n) is 3.46. The molecule has 1 aromatic heterocycles. The highest BCUT2D eigenvalue weighted by atomic mass is 19.4. The molecule has 1 aliphatic rings. The third-order valence-electron chi connectivity index (χ3n) is 4.72. The van der Waals surface area contributed by atoms with Crippen LogP contribution in [0.4, 0.5) is 13.2 Å². The highest BCUT2D eigenvalue weighted by Gasteiger charge is 2.32. The van der Waals surface area contributed by atoms with Crippen LogP contribution in [-0.2, 0) is 11.0 Å². The van der Waals surface area contributed by atoms with Gasteiger partial charge >= 0.3 is 6.18 Å². The third-order valence-corrected chi connectivity index (χ3v) is 4.72. The molecule has 27 heavy (non-hydrogen) atoms. The number of alkyl halides is 3. The van der Waals surface area contributed by atoms with Crippen LogP contribution in [0.15, 0.2) is 42.9 Å². The second-order valence-electron chi connectivity index (χ2n) is 6.66. The maximum atomic E-state index is 12.9. The van der Waals surface area contributed by atoms with Gasteiger partial charge in [0.2, 0.25) is 5.91 Å². The molecular formula is C19H21F3N4O. The quantitative estimate of drug-likeness (QED) is 0.888. The van der Waals surface area contributed by atoms with Crippen LogP contribution >= 0.6 is 0 Å². The van der Waals surface area contributed by atoms with E-state index in [4.69, 9.17) is 0 Å². The molecule has 5 nitrogen and oxygen atoms in total. The van der Waals surface area contributed by atoms with Gasteiger partial charge in [0, 0.05) is 38.4 Å². The average Bonchev–Trinajstić information content (AvgIpc) is 2.64. The van der Waals surface area contributed by atoms with E-state index in [1.807, 2.05) is 0 Å². The van der Waals surface area contributed by atoms with E-state index in [-0.39, 0.29) is 18.0 Å². The van der Waals surface area contributed by atoms with E-state index in [9.17, 15) is 18.0 Å². The van der Waals surface area contributed by atoms with Crippen LogP contribution in [0.1, 0.15) is 42.6 Å². The summed E-state index contributed by atoms with van der Waals surface area (Å²) in [6.07, 6.45) is 1.97. The van der Waals surface area contributed by atoms with Gasteiger partial charge in [0.05, 0.1) is 23.5 Å². The molecule has 3 rings (SSSR count). The van der Waals surface area contributed by atoms with Crippen molar-refractivity contribution in [2.24, 2.45) is 0 Å². The number of likely N-dealkylation sites (tertiary alicyclic amines) is 1. The number of aromatic nitrogens is 2. The first-order valence-electron chi connectivity index (χ1n) is 8.79. The van der Waals surface area contributed by atoms with E-state index in [0.29, 0.717) is 18.8 Å². The lowest BCUT2D eigenvalue weighted by Gasteiger charge is -2.37. The van der Waals surface area contributed by atoms with Crippen LogP contribution < -0.4 is 5.32 Å². The molecule has 2 aromatic rings. The van der Waals surface area contributed by atoms with E-state index in [1.54, 1.807) is 18.6 Å². The lowest BCUT2D eigenvalue weighted by Crippen LogP contribution is -2.45. The minimum Gasteiger partial charge on any atom is -0.354 e. The molecule has 0 spiro atoms. The number of hydrogen-bond donors (Lipinski definition) is 1. The van der Waals surface area contributed by atoms with E-state index < -0.39 is 11.7 Å². The number of piperidine rings is 1. The SMILES string of the molecule is CC(=O)NC1CCN(C(c2ccc(C(F)(F)F)cc2)c2cnccn2)CC1. The Labute approximate surface area is 155 Å². The lowest BCUT2D eigenvalue weighted by atomic mass is 9.96. The first-order valence-corrected chi connectivity index (χ1v) is 8.79. The summed E-state index contributed by atoms with van der Waals surface area (Å²) in [7, 11) is 0. The minimum atomic E-state index is -4.36. The largest absolute Gasteiger partial charge is 0.416 e. The number of halogens is 3. The number of nitrogens with zero attached hydrogens (tertiary/aromatic N) is 3.